The number of benzene rings is 1. The Balaban J connectivity index is 1.76. The standard InChI is InChI=1S/C19H29N5O/c1-14-7-8-17(12-18(14)25-5)13-22-19(20-4)21-9-6-10-24-16(3)11-15(2)23-24/h7-8,11-12H,6,9-10,13H2,1-5H3,(H2,20,21,22). The molecule has 2 rings (SSSR count). The molecule has 1 aromatic carbocycles. The smallest absolute Gasteiger partial charge is 0.191 e. The van der Waals surface area contributed by atoms with Crippen LogP contribution in [0.15, 0.2) is 29.3 Å². The third-order valence-electron chi connectivity index (χ3n) is 4.10. The second-order valence-electron chi connectivity index (χ2n) is 6.16. The topological polar surface area (TPSA) is 63.5 Å². The summed E-state index contributed by atoms with van der Waals surface area (Å²) >= 11 is 0. The zero-order valence-corrected chi connectivity index (χ0v) is 15.9. The molecule has 6 nitrogen and oxygen atoms in total. The van der Waals surface area contributed by atoms with Crippen LogP contribution in [-0.4, -0.2) is 36.4 Å². The summed E-state index contributed by atoms with van der Waals surface area (Å²) in [6.07, 6.45) is 0.987. The largest absolute Gasteiger partial charge is 0.496 e. The minimum absolute atomic E-state index is 0.702. The van der Waals surface area contributed by atoms with Crippen LogP contribution in [0.5, 0.6) is 5.75 Å². The number of rotatable bonds is 7. The molecular weight excluding hydrogens is 314 g/mol. The van der Waals surface area contributed by atoms with Gasteiger partial charge in [-0.25, -0.2) is 0 Å². The van der Waals surface area contributed by atoms with Crippen molar-refractivity contribution < 1.29 is 4.74 Å². The summed E-state index contributed by atoms with van der Waals surface area (Å²) in [5, 5.41) is 11.2. The molecule has 1 aromatic heterocycles. The van der Waals surface area contributed by atoms with Crippen molar-refractivity contribution in [3.05, 3.63) is 46.8 Å². The van der Waals surface area contributed by atoms with E-state index in [2.05, 4.69) is 51.9 Å². The highest BCUT2D eigenvalue weighted by molar-refractivity contribution is 5.79. The summed E-state index contributed by atoms with van der Waals surface area (Å²) in [6, 6.07) is 8.32. The Bertz CT molecular complexity index is 721. The molecule has 25 heavy (non-hydrogen) atoms. The fourth-order valence-corrected chi connectivity index (χ4v) is 2.72. The molecule has 0 fully saturated rings. The molecule has 136 valence electrons. The number of hydrogen-bond acceptors (Lipinski definition) is 3. The van der Waals surface area contributed by atoms with Gasteiger partial charge in [-0.3, -0.25) is 9.67 Å². The normalized spacial score (nSPS) is 11.5. The molecule has 1 heterocycles. The molecular formula is C19H29N5O. The number of hydrogen-bond donors (Lipinski definition) is 2. The average molecular weight is 343 g/mol. The summed E-state index contributed by atoms with van der Waals surface area (Å²) in [5.74, 6) is 1.71. The van der Waals surface area contributed by atoms with E-state index in [4.69, 9.17) is 4.74 Å². The van der Waals surface area contributed by atoms with Gasteiger partial charge in [0, 0.05) is 32.4 Å². The first-order valence-electron chi connectivity index (χ1n) is 8.62. The molecule has 0 unspecified atom stereocenters. The zero-order chi connectivity index (χ0) is 18.2. The van der Waals surface area contributed by atoms with Gasteiger partial charge >= 0.3 is 0 Å². The maximum Gasteiger partial charge on any atom is 0.191 e. The lowest BCUT2D eigenvalue weighted by atomic mass is 10.1. The van der Waals surface area contributed by atoms with Crippen LogP contribution < -0.4 is 15.4 Å². The van der Waals surface area contributed by atoms with Crippen molar-refractivity contribution in [1.82, 2.24) is 20.4 Å². The lowest BCUT2D eigenvalue weighted by Gasteiger charge is -2.13. The summed E-state index contributed by atoms with van der Waals surface area (Å²) in [5.41, 5.74) is 4.57. The summed E-state index contributed by atoms with van der Waals surface area (Å²) in [7, 11) is 3.48. The van der Waals surface area contributed by atoms with E-state index in [1.54, 1.807) is 14.2 Å². The highest BCUT2D eigenvalue weighted by atomic mass is 16.5. The molecule has 0 atom stereocenters. The Morgan fingerprint density at radius 3 is 2.64 bits per heavy atom. The third kappa shape index (κ3) is 5.52. The maximum absolute atomic E-state index is 5.37. The van der Waals surface area contributed by atoms with E-state index >= 15 is 0 Å². The lowest BCUT2D eigenvalue weighted by molar-refractivity contribution is 0.411. The maximum atomic E-state index is 5.37. The van der Waals surface area contributed by atoms with E-state index < -0.39 is 0 Å². The highest BCUT2D eigenvalue weighted by Gasteiger charge is 2.03. The lowest BCUT2D eigenvalue weighted by Crippen LogP contribution is -2.37. The molecule has 0 amide bonds. The van der Waals surface area contributed by atoms with Crippen LogP contribution in [0.4, 0.5) is 0 Å². The van der Waals surface area contributed by atoms with Gasteiger partial charge in [0.25, 0.3) is 0 Å². The Morgan fingerprint density at radius 2 is 2.00 bits per heavy atom. The van der Waals surface area contributed by atoms with Gasteiger partial charge in [0.05, 0.1) is 12.8 Å². The molecule has 0 radical (unpaired) electrons. The fraction of sp³-hybridized carbons (Fsp3) is 0.474. The molecule has 0 spiro atoms. The number of aromatic nitrogens is 2. The highest BCUT2D eigenvalue weighted by Crippen LogP contribution is 2.18. The number of aliphatic imine (C=N–C) groups is 1. The molecule has 2 aromatic rings. The van der Waals surface area contributed by atoms with Crippen LogP contribution >= 0.6 is 0 Å². The Labute approximate surface area is 150 Å². The van der Waals surface area contributed by atoms with Crippen molar-refractivity contribution >= 4 is 5.96 Å². The number of nitrogens with zero attached hydrogens (tertiary/aromatic N) is 3. The predicted octanol–water partition coefficient (Wildman–Crippen LogP) is 2.57. The summed E-state index contributed by atoms with van der Waals surface area (Å²) in [4.78, 5) is 4.27. The van der Waals surface area contributed by atoms with E-state index in [0.717, 1.165) is 48.0 Å². The Kier molecular flexibility index (Phi) is 6.86. The average Bonchev–Trinajstić information content (AvgIpc) is 2.92. The van der Waals surface area contributed by atoms with Crippen LogP contribution in [0.2, 0.25) is 0 Å². The van der Waals surface area contributed by atoms with Crippen molar-refractivity contribution in [3.8, 4) is 5.75 Å². The van der Waals surface area contributed by atoms with Gasteiger partial charge in [-0.2, -0.15) is 5.10 Å². The first-order chi connectivity index (χ1) is 12.0. The van der Waals surface area contributed by atoms with Crippen LogP contribution in [0.25, 0.3) is 0 Å². The number of guanidine groups is 1. The monoisotopic (exact) mass is 343 g/mol. The first kappa shape index (κ1) is 18.8. The second kappa shape index (κ2) is 9.11. The van der Waals surface area contributed by atoms with Gasteiger partial charge in [-0.05, 0) is 50.5 Å². The predicted molar refractivity (Wildman–Crippen MR) is 102 cm³/mol. The van der Waals surface area contributed by atoms with E-state index in [9.17, 15) is 0 Å². The van der Waals surface area contributed by atoms with Gasteiger partial charge in [-0.15, -0.1) is 0 Å². The number of ether oxygens (including phenoxy) is 1. The first-order valence-corrected chi connectivity index (χ1v) is 8.62. The number of methoxy groups -OCH3 is 1. The van der Waals surface area contributed by atoms with Gasteiger partial charge in [0.1, 0.15) is 5.75 Å². The van der Waals surface area contributed by atoms with Gasteiger partial charge in [0.2, 0.25) is 0 Å². The van der Waals surface area contributed by atoms with Gasteiger partial charge < -0.3 is 15.4 Å². The molecule has 0 bridgehead atoms. The van der Waals surface area contributed by atoms with Crippen molar-refractivity contribution in [2.75, 3.05) is 20.7 Å². The van der Waals surface area contributed by atoms with Gasteiger partial charge in [-0.1, -0.05) is 12.1 Å². The van der Waals surface area contributed by atoms with Crippen LogP contribution in [0, 0.1) is 20.8 Å². The molecule has 0 aliphatic carbocycles. The third-order valence-corrected chi connectivity index (χ3v) is 4.10. The van der Waals surface area contributed by atoms with E-state index in [0.29, 0.717) is 6.54 Å². The van der Waals surface area contributed by atoms with Crippen LogP contribution in [0.3, 0.4) is 0 Å². The quantitative estimate of drug-likeness (QED) is 0.461. The number of aryl methyl sites for hydroxylation is 4. The van der Waals surface area contributed by atoms with E-state index in [-0.39, 0.29) is 0 Å². The molecule has 0 saturated carbocycles. The number of nitrogens with one attached hydrogen (secondary N) is 2. The second-order valence-corrected chi connectivity index (χ2v) is 6.16. The molecule has 6 heteroatoms. The van der Waals surface area contributed by atoms with Crippen LogP contribution in [-0.2, 0) is 13.1 Å². The minimum Gasteiger partial charge on any atom is -0.496 e. The molecule has 2 N–H and O–H groups in total. The van der Waals surface area contributed by atoms with Crippen molar-refractivity contribution in [2.45, 2.75) is 40.3 Å². The van der Waals surface area contributed by atoms with Crippen molar-refractivity contribution in [1.29, 1.82) is 0 Å². The Morgan fingerprint density at radius 1 is 1.20 bits per heavy atom. The van der Waals surface area contributed by atoms with Crippen molar-refractivity contribution in [2.24, 2.45) is 4.99 Å². The SMILES string of the molecule is CN=C(NCCCn1nc(C)cc1C)NCc1ccc(C)c(OC)c1. The molecule has 0 aliphatic rings. The van der Waals surface area contributed by atoms with Crippen molar-refractivity contribution in [3.63, 3.8) is 0 Å². The minimum atomic E-state index is 0.702. The van der Waals surface area contributed by atoms with E-state index in [1.165, 1.54) is 5.69 Å². The van der Waals surface area contributed by atoms with Gasteiger partial charge in [0.15, 0.2) is 5.96 Å². The Hall–Kier alpha value is -2.50. The zero-order valence-electron chi connectivity index (χ0n) is 15.9. The summed E-state index contributed by atoms with van der Waals surface area (Å²) < 4.78 is 7.42. The fourth-order valence-electron chi connectivity index (χ4n) is 2.72. The van der Waals surface area contributed by atoms with Crippen LogP contribution in [0.1, 0.15) is 28.9 Å². The molecule has 0 aliphatic heterocycles. The summed E-state index contributed by atoms with van der Waals surface area (Å²) in [6.45, 7) is 8.60. The molecule has 0 saturated heterocycles. The van der Waals surface area contributed by atoms with E-state index in [1.807, 2.05) is 18.5 Å².